The molecule has 0 saturated heterocycles. The number of methoxy groups -OCH3 is 1. The summed E-state index contributed by atoms with van der Waals surface area (Å²) in [7, 11) is -2.82. The Morgan fingerprint density at radius 1 is 0.976 bits per heavy atom. The van der Waals surface area contributed by atoms with E-state index in [-0.39, 0.29) is 27.2 Å². The molecule has 0 unspecified atom stereocenters. The van der Waals surface area contributed by atoms with Crippen molar-refractivity contribution in [3.63, 3.8) is 0 Å². The summed E-state index contributed by atoms with van der Waals surface area (Å²) in [6.07, 6.45) is -0.641. The maximum Gasteiger partial charge on any atom is 0.412 e. The molecule has 214 valence electrons. The number of sulfonamides is 1. The molecule has 2 amide bonds. The van der Waals surface area contributed by atoms with E-state index < -0.39 is 32.5 Å². The highest BCUT2D eigenvalue weighted by Crippen LogP contribution is 2.34. The average molecular weight is 582 g/mol. The minimum Gasteiger partial charge on any atom is -0.497 e. The van der Waals surface area contributed by atoms with Crippen molar-refractivity contribution in [2.45, 2.75) is 31.3 Å². The van der Waals surface area contributed by atoms with E-state index in [0.29, 0.717) is 22.8 Å². The number of H-pyrrole nitrogens is 1. The number of carbonyl (C=O) groups excluding carboxylic acids is 2. The van der Waals surface area contributed by atoms with Crippen LogP contribution in [0.4, 0.5) is 27.5 Å². The predicted molar refractivity (Wildman–Crippen MR) is 152 cm³/mol. The molecule has 0 spiro atoms. The summed E-state index contributed by atoms with van der Waals surface area (Å²) in [6, 6.07) is 16.1. The molecule has 1 heterocycles. The molecule has 0 radical (unpaired) electrons. The van der Waals surface area contributed by atoms with E-state index >= 15 is 0 Å². The quantitative estimate of drug-likeness (QED) is 0.159. The van der Waals surface area contributed by atoms with E-state index in [1.807, 2.05) is 4.72 Å². The lowest BCUT2D eigenvalue weighted by atomic mass is 10.1. The lowest BCUT2D eigenvalue weighted by Crippen LogP contribution is -2.30. The van der Waals surface area contributed by atoms with Gasteiger partial charge in [-0.05, 0) is 75.4 Å². The molecule has 0 saturated carbocycles. The molecule has 41 heavy (non-hydrogen) atoms. The van der Waals surface area contributed by atoms with E-state index in [1.165, 1.54) is 49.6 Å². The Hall–Kier alpha value is -5.11. The zero-order valence-corrected chi connectivity index (χ0v) is 23.3. The largest absolute Gasteiger partial charge is 0.497 e. The van der Waals surface area contributed by atoms with Crippen molar-refractivity contribution in [1.82, 2.24) is 9.71 Å². The molecular weight excluding hydrogens is 554 g/mol. The Balaban J connectivity index is 1.62. The van der Waals surface area contributed by atoms with Crippen LogP contribution in [-0.2, 0) is 14.8 Å². The molecule has 0 aliphatic carbocycles. The topological polar surface area (TPSA) is 182 Å². The molecule has 0 fully saturated rings. The van der Waals surface area contributed by atoms with E-state index in [0.717, 1.165) is 0 Å². The van der Waals surface area contributed by atoms with Crippen molar-refractivity contribution < 1.29 is 32.4 Å². The number of aromatic amines is 1. The van der Waals surface area contributed by atoms with Crippen molar-refractivity contribution in [2.24, 2.45) is 0 Å². The van der Waals surface area contributed by atoms with E-state index in [1.54, 1.807) is 45.0 Å². The molecule has 4 aromatic rings. The Kier molecular flexibility index (Phi) is 7.87. The SMILES string of the molecule is COc1ccc(S(=O)(=O)NC(=O)c2cc3c(Nc4cccc(NC(=O)OC(C)(C)C)c4)ccc([N+](=O)[O-])c3[nH]2)cc1. The highest BCUT2D eigenvalue weighted by molar-refractivity contribution is 7.90. The van der Waals surface area contributed by atoms with Gasteiger partial charge in [0.15, 0.2) is 0 Å². The number of carbonyl (C=O) groups is 2. The van der Waals surface area contributed by atoms with E-state index in [4.69, 9.17) is 9.47 Å². The summed E-state index contributed by atoms with van der Waals surface area (Å²) in [6.45, 7) is 5.22. The molecule has 0 aliphatic heterocycles. The van der Waals surface area contributed by atoms with Crippen LogP contribution in [-0.4, -0.2) is 43.0 Å². The smallest absolute Gasteiger partial charge is 0.412 e. The highest BCUT2D eigenvalue weighted by Gasteiger charge is 2.24. The molecular formula is C27H27N5O8S. The lowest BCUT2D eigenvalue weighted by molar-refractivity contribution is -0.383. The summed E-state index contributed by atoms with van der Waals surface area (Å²) >= 11 is 0. The second kappa shape index (κ2) is 11.2. The minimum atomic E-state index is -4.25. The number of nitro benzene ring substituents is 1. The number of rotatable bonds is 8. The third-order valence-corrected chi connectivity index (χ3v) is 6.94. The molecule has 3 aromatic carbocycles. The summed E-state index contributed by atoms with van der Waals surface area (Å²) in [5.41, 5.74) is 0.126. The molecule has 0 atom stereocenters. The van der Waals surface area contributed by atoms with Crippen molar-refractivity contribution >= 4 is 55.7 Å². The first-order valence-electron chi connectivity index (χ1n) is 12.1. The van der Waals surface area contributed by atoms with Crippen LogP contribution in [0.5, 0.6) is 5.75 Å². The summed E-state index contributed by atoms with van der Waals surface area (Å²) < 4.78 is 37.8. The molecule has 14 heteroatoms. The monoisotopic (exact) mass is 581 g/mol. The summed E-state index contributed by atoms with van der Waals surface area (Å²) in [5.74, 6) is -0.579. The number of anilines is 3. The van der Waals surface area contributed by atoms with Gasteiger partial charge in [-0.2, -0.15) is 0 Å². The maximum absolute atomic E-state index is 12.9. The number of nitro groups is 1. The molecule has 0 bridgehead atoms. The fraction of sp³-hybridized carbons (Fsp3) is 0.185. The number of benzene rings is 3. The third-order valence-electron chi connectivity index (χ3n) is 5.60. The van der Waals surface area contributed by atoms with Gasteiger partial charge in [0.05, 0.1) is 16.9 Å². The zero-order valence-electron chi connectivity index (χ0n) is 22.5. The second-order valence-corrected chi connectivity index (χ2v) is 11.5. The number of hydrogen-bond acceptors (Lipinski definition) is 9. The van der Waals surface area contributed by atoms with Crippen LogP contribution in [0.2, 0.25) is 0 Å². The van der Waals surface area contributed by atoms with Gasteiger partial charge in [-0.15, -0.1) is 0 Å². The molecule has 4 N–H and O–H groups in total. The third kappa shape index (κ3) is 6.91. The minimum absolute atomic E-state index is 0.00929. The van der Waals surface area contributed by atoms with Gasteiger partial charge >= 0.3 is 6.09 Å². The standard InChI is InChI=1S/C27H27N5O8S/c1-27(2,3)40-26(34)29-17-7-5-6-16(14-17)28-21-12-13-23(32(35)36)24-20(21)15-22(30-24)25(33)31-41(37,38)19-10-8-18(39-4)9-11-19/h5-15,28,30H,1-4H3,(H,29,34)(H,31,33). The molecule has 4 rings (SSSR count). The molecule has 1 aromatic heterocycles. The Morgan fingerprint density at radius 2 is 1.66 bits per heavy atom. The van der Waals surface area contributed by atoms with E-state index in [9.17, 15) is 28.1 Å². The summed E-state index contributed by atoms with van der Waals surface area (Å²) in [5, 5.41) is 17.7. The van der Waals surface area contributed by atoms with Crippen LogP contribution in [0.1, 0.15) is 31.3 Å². The second-order valence-electron chi connectivity index (χ2n) is 9.80. The van der Waals surface area contributed by atoms with Crippen LogP contribution in [0.25, 0.3) is 10.9 Å². The number of amides is 2. The number of aromatic nitrogens is 1. The van der Waals surface area contributed by atoms with Crippen LogP contribution in [0.15, 0.2) is 71.6 Å². The lowest BCUT2D eigenvalue weighted by Gasteiger charge is -2.19. The highest BCUT2D eigenvalue weighted by atomic mass is 32.2. The number of non-ortho nitro benzene ring substituents is 1. The number of nitrogens with zero attached hydrogens (tertiary/aromatic N) is 1. The van der Waals surface area contributed by atoms with Crippen LogP contribution in [0.3, 0.4) is 0 Å². The van der Waals surface area contributed by atoms with Gasteiger partial charge in [0, 0.05) is 28.5 Å². The predicted octanol–water partition coefficient (Wildman–Crippen LogP) is 5.29. The summed E-state index contributed by atoms with van der Waals surface area (Å²) in [4.78, 5) is 38.6. The van der Waals surface area contributed by atoms with Gasteiger partial charge < -0.3 is 19.8 Å². The van der Waals surface area contributed by atoms with Crippen LogP contribution in [0, 0.1) is 10.1 Å². The van der Waals surface area contributed by atoms with Gasteiger partial charge in [0.2, 0.25) is 0 Å². The van der Waals surface area contributed by atoms with Gasteiger partial charge in [0.25, 0.3) is 21.6 Å². The van der Waals surface area contributed by atoms with Gasteiger partial charge in [-0.3, -0.25) is 20.2 Å². The van der Waals surface area contributed by atoms with Crippen molar-refractivity contribution in [3.05, 3.63) is 82.5 Å². The first kappa shape index (κ1) is 28.9. The maximum atomic E-state index is 12.9. The zero-order chi connectivity index (χ0) is 29.9. The molecule has 13 nitrogen and oxygen atoms in total. The Morgan fingerprint density at radius 3 is 2.29 bits per heavy atom. The first-order valence-corrected chi connectivity index (χ1v) is 13.6. The van der Waals surface area contributed by atoms with Crippen LogP contribution >= 0.6 is 0 Å². The van der Waals surface area contributed by atoms with Crippen molar-refractivity contribution in [3.8, 4) is 5.75 Å². The van der Waals surface area contributed by atoms with E-state index in [2.05, 4.69) is 15.6 Å². The van der Waals surface area contributed by atoms with Crippen molar-refractivity contribution in [1.29, 1.82) is 0 Å². The fourth-order valence-corrected chi connectivity index (χ4v) is 4.80. The number of ether oxygens (including phenoxy) is 2. The van der Waals surface area contributed by atoms with Crippen LogP contribution < -0.4 is 20.1 Å². The van der Waals surface area contributed by atoms with Gasteiger partial charge in [-0.1, -0.05) is 6.07 Å². The normalized spacial score (nSPS) is 11.5. The van der Waals surface area contributed by atoms with Gasteiger partial charge in [-0.25, -0.2) is 17.9 Å². The first-order chi connectivity index (χ1) is 19.3. The average Bonchev–Trinajstić information content (AvgIpc) is 3.34. The fourth-order valence-electron chi connectivity index (χ4n) is 3.83. The molecule has 0 aliphatic rings. The van der Waals surface area contributed by atoms with Gasteiger partial charge in [0.1, 0.15) is 22.6 Å². The Bertz CT molecular complexity index is 1740. The number of hydrogen-bond donors (Lipinski definition) is 4. The Labute approximate surface area is 235 Å². The number of fused-ring (bicyclic) bond motifs is 1. The van der Waals surface area contributed by atoms with Crippen molar-refractivity contribution in [2.75, 3.05) is 17.7 Å². The number of nitrogens with one attached hydrogen (secondary N) is 4.